The molecule has 2 fully saturated rings. The number of nitrogens with one attached hydrogen (secondary N) is 1. The molecule has 0 spiro atoms. The van der Waals surface area contributed by atoms with Crippen molar-refractivity contribution in [3.8, 4) is 11.1 Å². The first-order valence-corrected chi connectivity index (χ1v) is 10.8. The van der Waals surface area contributed by atoms with Crippen LogP contribution in [-0.4, -0.2) is 47.9 Å². The fourth-order valence-electron chi connectivity index (χ4n) is 4.04. The molecule has 1 aliphatic carbocycles. The van der Waals surface area contributed by atoms with Crippen LogP contribution < -0.4 is 5.32 Å². The number of carbonyl (C=O) groups is 2. The molecule has 1 saturated heterocycles. The normalized spacial score (nSPS) is 16.8. The number of halogens is 2. The van der Waals surface area contributed by atoms with E-state index in [2.05, 4.69) is 5.32 Å². The second-order valence-corrected chi connectivity index (χ2v) is 8.54. The summed E-state index contributed by atoms with van der Waals surface area (Å²) in [6.45, 7) is 1.37. The van der Waals surface area contributed by atoms with Gasteiger partial charge in [0.25, 0.3) is 0 Å². The summed E-state index contributed by atoms with van der Waals surface area (Å²) in [5, 5.41) is 2.87. The molecular formula is C24H27F2N3O2. The number of hydrogen-bond donors (Lipinski definition) is 1. The fraction of sp³-hybridized carbons (Fsp3) is 0.417. The van der Waals surface area contributed by atoms with E-state index in [1.54, 1.807) is 36.2 Å². The first kappa shape index (κ1) is 21.3. The fourth-order valence-corrected chi connectivity index (χ4v) is 4.04. The third kappa shape index (κ3) is 5.40. The minimum Gasteiger partial charge on any atom is -0.343 e. The lowest BCUT2D eigenvalue weighted by molar-refractivity contribution is -0.132. The number of piperidine rings is 1. The Morgan fingerprint density at radius 2 is 1.58 bits per heavy atom. The minimum atomic E-state index is -0.630. The maximum absolute atomic E-state index is 13.4. The lowest BCUT2D eigenvalue weighted by atomic mass is 10.0. The van der Waals surface area contributed by atoms with Gasteiger partial charge in [-0.1, -0.05) is 12.1 Å². The molecule has 31 heavy (non-hydrogen) atoms. The summed E-state index contributed by atoms with van der Waals surface area (Å²) in [5.41, 5.74) is 1.71. The van der Waals surface area contributed by atoms with Gasteiger partial charge >= 0.3 is 6.03 Å². The molecule has 0 radical (unpaired) electrons. The van der Waals surface area contributed by atoms with Crippen LogP contribution in [0.25, 0.3) is 11.1 Å². The third-order valence-corrected chi connectivity index (χ3v) is 6.18. The monoisotopic (exact) mass is 427 g/mol. The zero-order chi connectivity index (χ0) is 22.0. The highest BCUT2D eigenvalue weighted by Crippen LogP contribution is 2.33. The molecule has 2 aromatic rings. The van der Waals surface area contributed by atoms with E-state index in [9.17, 15) is 18.4 Å². The van der Waals surface area contributed by atoms with Crippen molar-refractivity contribution in [3.05, 3.63) is 54.1 Å². The summed E-state index contributed by atoms with van der Waals surface area (Å²) >= 11 is 0. The first-order valence-electron chi connectivity index (χ1n) is 10.8. The van der Waals surface area contributed by atoms with Crippen molar-refractivity contribution in [1.29, 1.82) is 0 Å². The summed E-state index contributed by atoms with van der Waals surface area (Å²) in [6.07, 6.45) is 4.55. The van der Waals surface area contributed by atoms with Crippen molar-refractivity contribution >= 4 is 17.6 Å². The number of rotatable bonds is 5. The molecule has 3 amide bonds. The molecular weight excluding hydrogens is 400 g/mol. The summed E-state index contributed by atoms with van der Waals surface area (Å²) in [4.78, 5) is 28.5. The lowest BCUT2D eigenvalue weighted by Crippen LogP contribution is -2.48. The molecule has 0 atom stereocenters. The summed E-state index contributed by atoms with van der Waals surface area (Å²) in [7, 11) is 1.77. The molecule has 0 bridgehead atoms. The number of carbonyl (C=O) groups excluding carboxylic acids is 2. The number of benzene rings is 2. The highest BCUT2D eigenvalue weighted by Gasteiger charge is 2.31. The van der Waals surface area contributed by atoms with Gasteiger partial charge in [0.15, 0.2) is 0 Å². The predicted octanol–water partition coefficient (Wildman–Crippen LogP) is 4.89. The van der Waals surface area contributed by atoms with Crippen molar-refractivity contribution in [1.82, 2.24) is 9.80 Å². The molecule has 164 valence electrons. The Labute approximate surface area is 181 Å². The molecule has 2 aliphatic rings. The van der Waals surface area contributed by atoms with Gasteiger partial charge in [0.05, 0.1) is 0 Å². The quantitative estimate of drug-likeness (QED) is 0.739. The number of amides is 3. The summed E-state index contributed by atoms with van der Waals surface area (Å²) in [6, 6.07) is 10.1. The van der Waals surface area contributed by atoms with Crippen LogP contribution in [0, 0.1) is 17.6 Å². The zero-order valence-corrected chi connectivity index (χ0v) is 17.6. The predicted molar refractivity (Wildman–Crippen MR) is 116 cm³/mol. The van der Waals surface area contributed by atoms with E-state index in [1.165, 1.54) is 25.0 Å². The lowest BCUT2D eigenvalue weighted by Gasteiger charge is -2.36. The van der Waals surface area contributed by atoms with Crippen LogP contribution in [0.5, 0.6) is 0 Å². The van der Waals surface area contributed by atoms with E-state index >= 15 is 0 Å². The Morgan fingerprint density at radius 1 is 0.968 bits per heavy atom. The van der Waals surface area contributed by atoms with Gasteiger partial charge in [-0.3, -0.25) is 4.79 Å². The molecule has 5 nitrogen and oxygen atoms in total. The molecule has 0 aromatic heterocycles. The van der Waals surface area contributed by atoms with Crippen LogP contribution in [0.1, 0.15) is 32.1 Å². The average Bonchev–Trinajstić information content (AvgIpc) is 3.57. The molecule has 7 heteroatoms. The van der Waals surface area contributed by atoms with E-state index < -0.39 is 11.6 Å². The molecule has 1 N–H and O–H groups in total. The Kier molecular flexibility index (Phi) is 6.20. The van der Waals surface area contributed by atoms with Gasteiger partial charge in [0, 0.05) is 44.4 Å². The van der Waals surface area contributed by atoms with Crippen molar-refractivity contribution in [2.24, 2.45) is 5.92 Å². The Morgan fingerprint density at radius 3 is 2.16 bits per heavy atom. The summed E-state index contributed by atoms with van der Waals surface area (Å²) < 4.78 is 26.9. The average molecular weight is 427 g/mol. The number of anilines is 1. The van der Waals surface area contributed by atoms with E-state index in [0.717, 1.165) is 18.9 Å². The topological polar surface area (TPSA) is 52.7 Å². The Hall–Kier alpha value is -2.96. The van der Waals surface area contributed by atoms with Gasteiger partial charge in [-0.05, 0) is 67.0 Å². The van der Waals surface area contributed by atoms with Crippen LogP contribution in [-0.2, 0) is 4.79 Å². The van der Waals surface area contributed by atoms with E-state index in [0.29, 0.717) is 42.2 Å². The van der Waals surface area contributed by atoms with Gasteiger partial charge in [0.2, 0.25) is 5.91 Å². The molecule has 0 unspecified atom stereocenters. The maximum atomic E-state index is 13.4. The Bertz CT molecular complexity index is 932. The molecule has 4 rings (SSSR count). The highest BCUT2D eigenvalue weighted by atomic mass is 19.1. The SMILES string of the molecule is CN(C(=O)Nc1ccc(-c2cc(F)cc(F)c2)cc1)C1CCN(C(=O)CC2CC2)CC1. The van der Waals surface area contributed by atoms with Crippen LogP contribution in [0.4, 0.5) is 19.3 Å². The largest absolute Gasteiger partial charge is 0.343 e. The van der Waals surface area contributed by atoms with Crippen molar-refractivity contribution in [3.63, 3.8) is 0 Å². The van der Waals surface area contributed by atoms with Gasteiger partial charge in [0.1, 0.15) is 11.6 Å². The smallest absolute Gasteiger partial charge is 0.321 e. The van der Waals surface area contributed by atoms with Crippen LogP contribution in [0.15, 0.2) is 42.5 Å². The van der Waals surface area contributed by atoms with Crippen LogP contribution in [0.2, 0.25) is 0 Å². The van der Waals surface area contributed by atoms with E-state index in [1.807, 2.05) is 4.90 Å². The van der Waals surface area contributed by atoms with Crippen molar-refractivity contribution in [2.75, 3.05) is 25.5 Å². The zero-order valence-electron chi connectivity index (χ0n) is 17.6. The first-order chi connectivity index (χ1) is 14.9. The van der Waals surface area contributed by atoms with Gasteiger partial charge in [-0.15, -0.1) is 0 Å². The number of likely N-dealkylation sites (tertiary alicyclic amines) is 1. The number of urea groups is 1. The van der Waals surface area contributed by atoms with Crippen molar-refractivity contribution < 1.29 is 18.4 Å². The van der Waals surface area contributed by atoms with E-state index in [4.69, 9.17) is 0 Å². The van der Waals surface area contributed by atoms with E-state index in [-0.39, 0.29) is 18.0 Å². The standard InChI is InChI=1S/C24H27F2N3O2/c1-28(22-8-10-29(11-9-22)23(30)12-16-2-3-16)24(31)27-21-6-4-17(5-7-21)18-13-19(25)15-20(26)14-18/h4-7,13-16,22H,2-3,8-12H2,1H3,(H,27,31). The maximum Gasteiger partial charge on any atom is 0.321 e. The Balaban J connectivity index is 1.30. The van der Waals surface area contributed by atoms with Gasteiger partial charge in [-0.25, -0.2) is 13.6 Å². The van der Waals surface area contributed by atoms with Crippen molar-refractivity contribution in [2.45, 2.75) is 38.1 Å². The molecule has 2 aromatic carbocycles. The van der Waals surface area contributed by atoms with Gasteiger partial charge < -0.3 is 15.1 Å². The second kappa shape index (κ2) is 9.04. The second-order valence-electron chi connectivity index (χ2n) is 8.54. The third-order valence-electron chi connectivity index (χ3n) is 6.18. The number of nitrogens with zero attached hydrogens (tertiary/aromatic N) is 2. The van der Waals surface area contributed by atoms with Crippen LogP contribution >= 0.6 is 0 Å². The highest BCUT2D eigenvalue weighted by molar-refractivity contribution is 5.89. The van der Waals surface area contributed by atoms with Gasteiger partial charge in [-0.2, -0.15) is 0 Å². The molecule has 1 aliphatic heterocycles. The molecule has 1 heterocycles. The molecule has 1 saturated carbocycles. The number of hydrogen-bond acceptors (Lipinski definition) is 2. The van der Waals surface area contributed by atoms with Crippen LogP contribution in [0.3, 0.4) is 0 Å². The minimum absolute atomic E-state index is 0.0829. The summed E-state index contributed by atoms with van der Waals surface area (Å²) in [5.74, 6) is -0.431.